The average molecular weight is 464 g/mol. The first-order valence-corrected chi connectivity index (χ1v) is 12.0. The van der Waals surface area contributed by atoms with Crippen LogP contribution in [0.15, 0.2) is 78.9 Å². The van der Waals surface area contributed by atoms with Gasteiger partial charge in [-0.15, -0.1) is 0 Å². The van der Waals surface area contributed by atoms with E-state index >= 15 is 0 Å². The lowest BCUT2D eigenvalue weighted by Gasteiger charge is -2.28. The van der Waals surface area contributed by atoms with E-state index in [1.165, 1.54) is 0 Å². The first kappa shape index (κ1) is 23.0. The van der Waals surface area contributed by atoms with Crippen molar-refractivity contribution in [2.75, 3.05) is 11.4 Å². The Hall–Kier alpha value is -3.81. The standard InChI is InChI=1S/C31H29NO3/c1-31(2,3)34-21-22-12-14-25(15-13-22)29-19-18-26(35-29)20-32-28-11-7-5-9-24(28)17-16-23-8-4-6-10-27(23)30(32)33/h4-15,19,26H,18,20-21H2,1-3H3. The zero-order valence-corrected chi connectivity index (χ0v) is 20.4. The molecule has 3 aromatic carbocycles. The Kier molecular flexibility index (Phi) is 6.19. The molecule has 2 aliphatic heterocycles. The summed E-state index contributed by atoms with van der Waals surface area (Å²) in [5.41, 5.74) is 5.02. The van der Waals surface area contributed by atoms with Gasteiger partial charge in [-0.2, -0.15) is 0 Å². The highest BCUT2D eigenvalue weighted by Crippen LogP contribution is 2.31. The van der Waals surface area contributed by atoms with Gasteiger partial charge in [-0.25, -0.2) is 0 Å². The zero-order chi connectivity index (χ0) is 24.4. The predicted octanol–water partition coefficient (Wildman–Crippen LogP) is 6.19. The van der Waals surface area contributed by atoms with E-state index in [4.69, 9.17) is 9.47 Å². The maximum atomic E-state index is 13.6. The third kappa shape index (κ3) is 5.16. The summed E-state index contributed by atoms with van der Waals surface area (Å²) >= 11 is 0. The van der Waals surface area contributed by atoms with Crippen LogP contribution < -0.4 is 4.90 Å². The van der Waals surface area contributed by atoms with Crippen molar-refractivity contribution in [2.24, 2.45) is 0 Å². The SMILES string of the molecule is CC(C)(C)OCc1ccc(C2=CCC(CN3C(=O)c4ccccc4C#Cc4ccccc43)O2)cc1. The minimum absolute atomic E-state index is 0.0534. The number of anilines is 1. The third-order valence-corrected chi connectivity index (χ3v) is 6.09. The van der Waals surface area contributed by atoms with Crippen molar-refractivity contribution in [2.45, 2.75) is 45.5 Å². The van der Waals surface area contributed by atoms with Crippen LogP contribution in [0.3, 0.4) is 0 Å². The van der Waals surface area contributed by atoms with E-state index in [0.29, 0.717) is 18.7 Å². The van der Waals surface area contributed by atoms with Crippen LogP contribution in [0.2, 0.25) is 0 Å². The van der Waals surface area contributed by atoms with Crippen molar-refractivity contribution in [3.8, 4) is 11.8 Å². The molecule has 3 aromatic rings. The number of nitrogens with zero attached hydrogens (tertiary/aromatic N) is 1. The maximum absolute atomic E-state index is 13.6. The van der Waals surface area contributed by atoms with Gasteiger partial charge >= 0.3 is 0 Å². The molecule has 2 aliphatic rings. The molecule has 1 atom stereocenters. The van der Waals surface area contributed by atoms with Gasteiger partial charge in [0.15, 0.2) is 0 Å². The molecule has 0 spiro atoms. The second kappa shape index (κ2) is 9.44. The Balaban J connectivity index is 1.33. The van der Waals surface area contributed by atoms with Crippen LogP contribution in [0.4, 0.5) is 5.69 Å². The number of rotatable bonds is 5. The lowest BCUT2D eigenvalue weighted by atomic mass is 10.0. The van der Waals surface area contributed by atoms with E-state index in [1.807, 2.05) is 53.4 Å². The zero-order valence-electron chi connectivity index (χ0n) is 20.4. The molecule has 0 N–H and O–H groups in total. The molecular weight excluding hydrogens is 434 g/mol. The number of para-hydroxylation sites is 1. The molecular formula is C31H29NO3. The van der Waals surface area contributed by atoms with Crippen LogP contribution in [-0.4, -0.2) is 24.2 Å². The van der Waals surface area contributed by atoms with Gasteiger partial charge in [0.2, 0.25) is 0 Å². The molecule has 4 nitrogen and oxygen atoms in total. The fourth-order valence-electron chi connectivity index (χ4n) is 4.24. The Morgan fingerprint density at radius 2 is 1.63 bits per heavy atom. The number of carbonyl (C=O) groups excluding carboxylic acids is 1. The second-order valence-corrected chi connectivity index (χ2v) is 9.87. The summed E-state index contributed by atoms with van der Waals surface area (Å²) < 4.78 is 12.2. The van der Waals surface area contributed by atoms with Crippen molar-refractivity contribution in [3.05, 3.63) is 107 Å². The van der Waals surface area contributed by atoms with Gasteiger partial charge in [0.25, 0.3) is 5.91 Å². The molecule has 0 aliphatic carbocycles. The van der Waals surface area contributed by atoms with Gasteiger partial charge in [0.05, 0.1) is 30.0 Å². The molecule has 176 valence electrons. The minimum atomic E-state index is -0.169. The van der Waals surface area contributed by atoms with E-state index in [0.717, 1.165) is 40.1 Å². The quantitative estimate of drug-likeness (QED) is 0.424. The summed E-state index contributed by atoms with van der Waals surface area (Å²) in [7, 11) is 0. The second-order valence-electron chi connectivity index (χ2n) is 9.87. The minimum Gasteiger partial charge on any atom is -0.488 e. The Bertz CT molecular complexity index is 1340. The highest BCUT2D eigenvalue weighted by Gasteiger charge is 2.29. The van der Waals surface area contributed by atoms with Crippen LogP contribution in [0.1, 0.15) is 59.8 Å². The number of benzene rings is 3. The smallest absolute Gasteiger partial charge is 0.259 e. The van der Waals surface area contributed by atoms with E-state index in [9.17, 15) is 4.79 Å². The lowest BCUT2D eigenvalue weighted by molar-refractivity contribution is -0.0149. The maximum Gasteiger partial charge on any atom is 0.259 e. The number of amides is 1. The first-order valence-electron chi connectivity index (χ1n) is 12.0. The molecule has 2 heterocycles. The highest BCUT2D eigenvalue weighted by atomic mass is 16.5. The topological polar surface area (TPSA) is 38.8 Å². The molecule has 5 rings (SSSR count). The van der Waals surface area contributed by atoms with E-state index in [-0.39, 0.29) is 17.6 Å². The van der Waals surface area contributed by atoms with Gasteiger partial charge in [-0.1, -0.05) is 60.4 Å². The average Bonchev–Trinajstić information content (AvgIpc) is 3.33. The molecule has 35 heavy (non-hydrogen) atoms. The largest absolute Gasteiger partial charge is 0.488 e. The lowest BCUT2D eigenvalue weighted by Crippen LogP contribution is -2.38. The molecule has 1 amide bonds. The summed E-state index contributed by atoms with van der Waals surface area (Å²) in [5, 5.41) is 0. The van der Waals surface area contributed by atoms with Gasteiger partial charge in [-0.05, 0) is 56.7 Å². The van der Waals surface area contributed by atoms with Gasteiger partial charge < -0.3 is 14.4 Å². The summed E-state index contributed by atoms with van der Waals surface area (Å²) in [5.74, 6) is 7.22. The van der Waals surface area contributed by atoms with E-state index in [2.05, 4.69) is 63.0 Å². The van der Waals surface area contributed by atoms with Crippen molar-refractivity contribution < 1.29 is 14.3 Å². The Morgan fingerprint density at radius 1 is 0.943 bits per heavy atom. The van der Waals surface area contributed by atoms with Crippen LogP contribution >= 0.6 is 0 Å². The molecule has 0 saturated carbocycles. The molecule has 0 aromatic heterocycles. The predicted molar refractivity (Wildman–Crippen MR) is 139 cm³/mol. The molecule has 4 heteroatoms. The summed E-state index contributed by atoms with van der Waals surface area (Å²) in [6.07, 6.45) is 2.72. The number of carbonyl (C=O) groups is 1. The van der Waals surface area contributed by atoms with Crippen molar-refractivity contribution in [1.29, 1.82) is 0 Å². The summed E-state index contributed by atoms with van der Waals surface area (Å²) in [6.45, 7) is 7.19. The van der Waals surface area contributed by atoms with Crippen LogP contribution in [0.5, 0.6) is 0 Å². The fraction of sp³-hybridized carbons (Fsp3) is 0.258. The number of fused-ring (bicyclic) bond motifs is 2. The van der Waals surface area contributed by atoms with Crippen molar-refractivity contribution >= 4 is 17.4 Å². The highest BCUT2D eigenvalue weighted by molar-refractivity contribution is 6.09. The van der Waals surface area contributed by atoms with Crippen molar-refractivity contribution in [3.63, 3.8) is 0 Å². The third-order valence-electron chi connectivity index (χ3n) is 6.09. The fourth-order valence-corrected chi connectivity index (χ4v) is 4.24. The van der Waals surface area contributed by atoms with Gasteiger partial charge in [0.1, 0.15) is 11.9 Å². The number of hydrogen-bond donors (Lipinski definition) is 0. The number of ether oxygens (including phenoxy) is 2. The molecule has 1 unspecified atom stereocenters. The summed E-state index contributed by atoms with van der Waals surface area (Å²) in [6, 6.07) is 23.6. The first-order chi connectivity index (χ1) is 16.9. The molecule has 0 radical (unpaired) electrons. The number of hydrogen-bond acceptors (Lipinski definition) is 3. The van der Waals surface area contributed by atoms with Gasteiger partial charge in [0, 0.05) is 23.1 Å². The van der Waals surface area contributed by atoms with Crippen LogP contribution in [0.25, 0.3) is 5.76 Å². The van der Waals surface area contributed by atoms with E-state index < -0.39 is 0 Å². The normalized spacial score (nSPS) is 16.8. The van der Waals surface area contributed by atoms with Crippen molar-refractivity contribution in [1.82, 2.24) is 0 Å². The summed E-state index contributed by atoms with van der Waals surface area (Å²) in [4.78, 5) is 15.5. The molecule has 0 bridgehead atoms. The van der Waals surface area contributed by atoms with Crippen LogP contribution in [0, 0.1) is 11.8 Å². The Labute approximate surface area is 207 Å². The van der Waals surface area contributed by atoms with Gasteiger partial charge in [-0.3, -0.25) is 4.79 Å². The van der Waals surface area contributed by atoms with Crippen LogP contribution in [-0.2, 0) is 16.1 Å². The Morgan fingerprint density at radius 3 is 2.40 bits per heavy atom. The van der Waals surface area contributed by atoms with E-state index in [1.54, 1.807) is 0 Å². The molecule has 0 fully saturated rings. The monoisotopic (exact) mass is 463 g/mol. The molecule has 0 saturated heterocycles.